The molecule has 5 rings (SSSR count). The molecule has 0 fully saturated rings. The molecule has 0 saturated heterocycles. The molecule has 1 N–H and O–H groups in total. The van der Waals surface area contributed by atoms with Gasteiger partial charge in [-0.3, -0.25) is 13.9 Å². The molecule has 158 valence electrons. The fourth-order valence-corrected chi connectivity index (χ4v) is 5.67. The van der Waals surface area contributed by atoms with Crippen LogP contribution < -0.4 is 9.62 Å². The van der Waals surface area contributed by atoms with E-state index in [-0.39, 0.29) is 10.8 Å². The lowest BCUT2D eigenvalue weighted by Crippen LogP contribution is -2.33. The van der Waals surface area contributed by atoms with Gasteiger partial charge in [-0.25, -0.2) is 13.4 Å². The fourth-order valence-electron chi connectivity index (χ4n) is 3.86. The summed E-state index contributed by atoms with van der Waals surface area (Å²) < 4.78 is 30.5. The quantitative estimate of drug-likeness (QED) is 0.504. The second kappa shape index (κ2) is 7.51. The molecule has 2 aromatic heterocycles. The van der Waals surface area contributed by atoms with Crippen molar-refractivity contribution in [2.75, 3.05) is 16.2 Å². The topological polar surface area (TPSA) is 83.8 Å². The Bertz CT molecular complexity index is 1360. The lowest BCUT2D eigenvalue weighted by atomic mass is 10.0. The summed E-state index contributed by atoms with van der Waals surface area (Å²) in [6.45, 7) is 2.19. The van der Waals surface area contributed by atoms with Crippen molar-refractivity contribution in [3.63, 3.8) is 0 Å². The van der Waals surface area contributed by atoms with E-state index in [2.05, 4.69) is 9.71 Å². The molecule has 0 saturated carbocycles. The number of rotatable bonds is 4. The number of amides is 1. The average molecular weight is 453 g/mol. The first-order valence-corrected chi connectivity index (χ1v) is 12.2. The van der Waals surface area contributed by atoms with E-state index in [0.29, 0.717) is 12.2 Å². The van der Waals surface area contributed by atoms with Gasteiger partial charge in [0.2, 0.25) is 5.91 Å². The van der Waals surface area contributed by atoms with Gasteiger partial charge in [-0.05, 0) is 48.7 Å². The van der Waals surface area contributed by atoms with Gasteiger partial charge in [0.05, 0.1) is 10.6 Å². The van der Waals surface area contributed by atoms with E-state index < -0.39 is 10.0 Å². The Balaban J connectivity index is 1.38. The van der Waals surface area contributed by atoms with Crippen LogP contribution in [0.25, 0.3) is 16.2 Å². The van der Waals surface area contributed by atoms with Gasteiger partial charge in [0.15, 0.2) is 4.96 Å². The van der Waals surface area contributed by atoms with Crippen LogP contribution in [0.3, 0.4) is 0 Å². The molecule has 4 aromatic rings. The number of carbonyl (C=O) groups is 1. The average Bonchev–Trinajstić information content (AvgIpc) is 3.35. The molecule has 1 amide bonds. The van der Waals surface area contributed by atoms with Crippen molar-refractivity contribution in [2.24, 2.45) is 0 Å². The minimum Gasteiger partial charge on any atom is -0.312 e. The van der Waals surface area contributed by atoms with Crippen LogP contribution in [0.1, 0.15) is 18.9 Å². The lowest BCUT2D eigenvalue weighted by Gasteiger charge is -2.28. The van der Waals surface area contributed by atoms with E-state index in [4.69, 9.17) is 0 Å². The van der Waals surface area contributed by atoms with Gasteiger partial charge in [-0.15, -0.1) is 11.3 Å². The van der Waals surface area contributed by atoms with Crippen LogP contribution in [0.15, 0.2) is 65.1 Å². The van der Waals surface area contributed by atoms with E-state index in [1.54, 1.807) is 46.6 Å². The summed E-state index contributed by atoms with van der Waals surface area (Å²) >= 11 is 1.56. The predicted octanol–water partition coefficient (Wildman–Crippen LogP) is 4.16. The van der Waals surface area contributed by atoms with Crippen molar-refractivity contribution in [1.29, 1.82) is 0 Å². The molecule has 0 bridgehead atoms. The SMILES string of the molecule is CC(=O)N1CCCc2cc(S(=O)(=O)Nc3ccc(-c4cn5ccsc5n4)cc3)ccc21. The van der Waals surface area contributed by atoms with Crippen LogP contribution in [-0.4, -0.2) is 30.3 Å². The number of thiazole rings is 1. The van der Waals surface area contributed by atoms with Crippen LogP contribution in [0.2, 0.25) is 0 Å². The second-order valence-electron chi connectivity index (χ2n) is 7.47. The van der Waals surface area contributed by atoms with Gasteiger partial charge >= 0.3 is 0 Å². The Morgan fingerprint density at radius 2 is 1.97 bits per heavy atom. The molecule has 7 nitrogen and oxygen atoms in total. The largest absolute Gasteiger partial charge is 0.312 e. The first-order valence-electron chi connectivity index (χ1n) is 9.87. The highest BCUT2D eigenvalue weighted by Gasteiger charge is 2.23. The van der Waals surface area contributed by atoms with Crippen LogP contribution in [0, 0.1) is 0 Å². The number of aromatic nitrogens is 2. The highest BCUT2D eigenvalue weighted by atomic mass is 32.2. The zero-order chi connectivity index (χ0) is 21.6. The van der Waals surface area contributed by atoms with Crippen molar-refractivity contribution in [1.82, 2.24) is 9.38 Å². The van der Waals surface area contributed by atoms with E-state index >= 15 is 0 Å². The van der Waals surface area contributed by atoms with Crippen molar-refractivity contribution in [2.45, 2.75) is 24.7 Å². The summed E-state index contributed by atoms with van der Waals surface area (Å²) in [7, 11) is -3.75. The summed E-state index contributed by atoms with van der Waals surface area (Å²) in [5, 5.41) is 1.97. The molecule has 0 radical (unpaired) electrons. The Kier molecular flexibility index (Phi) is 4.79. The molecule has 2 aromatic carbocycles. The van der Waals surface area contributed by atoms with Gasteiger partial charge in [-0.2, -0.15) is 0 Å². The van der Waals surface area contributed by atoms with Gasteiger partial charge in [0, 0.05) is 48.2 Å². The van der Waals surface area contributed by atoms with Crippen LogP contribution in [0.5, 0.6) is 0 Å². The molecule has 0 spiro atoms. The maximum Gasteiger partial charge on any atom is 0.261 e. The maximum absolute atomic E-state index is 12.9. The second-order valence-corrected chi connectivity index (χ2v) is 10.0. The third kappa shape index (κ3) is 3.70. The van der Waals surface area contributed by atoms with Gasteiger partial charge in [-0.1, -0.05) is 12.1 Å². The highest BCUT2D eigenvalue weighted by molar-refractivity contribution is 7.92. The molecule has 9 heteroatoms. The Labute approximate surface area is 184 Å². The van der Waals surface area contributed by atoms with Crippen molar-refractivity contribution in [3.05, 3.63) is 65.8 Å². The Morgan fingerprint density at radius 3 is 2.71 bits per heavy atom. The number of sulfonamides is 1. The third-order valence-corrected chi connectivity index (χ3v) is 7.54. The minimum atomic E-state index is -3.75. The number of benzene rings is 2. The number of hydrogen-bond donors (Lipinski definition) is 1. The van der Waals surface area contributed by atoms with Crippen molar-refractivity contribution < 1.29 is 13.2 Å². The normalized spacial score (nSPS) is 13.9. The Morgan fingerprint density at radius 1 is 1.16 bits per heavy atom. The predicted molar refractivity (Wildman–Crippen MR) is 122 cm³/mol. The van der Waals surface area contributed by atoms with Gasteiger partial charge in [0.1, 0.15) is 0 Å². The molecule has 3 heterocycles. The summed E-state index contributed by atoms with van der Waals surface area (Å²) in [4.78, 5) is 19.2. The number of nitrogens with one attached hydrogen (secondary N) is 1. The van der Waals surface area contributed by atoms with Crippen molar-refractivity contribution >= 4 is 43.6 Å². The number of nitrogens with zero attached hydrogens (tertiary/aromatic N) is 3. The first kappa shape index (κ1) is 19.8. The molecule has 1 aliphatic heterocycles. The molecule has 0 atom stereocenters. The van der Waals surface area contributed by atoms with Crippen LogP contribution in [-0.2, 0) is 21.2 Å². The van der Waals surface area contributed by atoms with E-state index in [1.165, 1.54) is 6.92 Å². The summed E-state index contributed by atoms with van der Waals surface area (Å²) in [6.07, 6.45) is 5.46. The lowest BCUT2D eigenvalue weighted by molar-refractivity contribution is -0.116. The number of hydrogen-bond acceptors (Lipinski definition) is 5. The maximum atomic E-state index is 12.9. The standard InChI is InChI=1S/C22H20N4O3S2/c1-15(27)26-10-2-3-17-13-19(8-9-21(17)26)31(28,29)24-18-6-4-16(5-7-18)20-14-25-11-12-30-22(25)23-20/h4-9,11-14,24H,2-3,10H2,1H3. The third-order valence-electron chi connectivity index (χ3n) is 5.39. The number of fused-ring (bicyclic) bond motifs is 2. The Hall–Kier alpha value is -3.17. The summed E-state index contributed by atoms with van der Waals surface area (Å²) in [5.74, 6) is -0.0349. The van der Waals surface area contributed by atoms with Crippen LogP contribution in [0.4, 0.5) is 11.4 Å². The molecule has 31 heavy (non-hydrogen) atoms. The monoisotopic (exact) mass is 452 g/mol. The minimum absolute atomic E-state index is 0.0349. The number of imidazole rings is 1. The zero-order valence-corrected chi connectivity index (χ0v) is 18.4. The van der Waals surface area contributed by atoms with Gasteiger partial charge < -0.3 is 4.90 Å². The summed E-state index contributed by atoms with van der Waals surface area (Å²) in [6, 6.07) is 12.1. The number of anilines is 2. The van der Waals surface area contributed by atoms with Gasteiger partial charge in [0.25, 0.3) is 10.0 Å². The van der Waals surface area contributed by atoms with Crippen LogP contribution >= 0.6 is 11.3 Å². The van der Waals surface area contributed by atoms with E-state index in [9.17, 15) is 13.2 Å². The number of carbonyl (C=O) groups excluding carboxylic acids is 1. The van der Waals surface area contributed by atoms with E-state index in [1.807, 2.05) is 34.3 Å². The fraction of sp³-hybridized carbons (Fsp3) is 0.182. The summed E-state index contributed by atoms with van der Waals surface area (Å²) in [5.41, 5.74) is 3.90. The number of aryl methyl sites for hydroxylation is 1. The molecular weight excluding hydrogens is 432 g/mol. The molecule has 0 aliphatic carbocycles. The van der Waals surface area contributed by atoms with Crippen molar-refractivity contribution in [3.8, 4) is 11.3 Å². The molecule has 1 aliphatic rings. The first-order chi connectivity index (χ1) is 14.9. The smallest absolute Gasteiger partial charge is 0.261 e. The van der Waals surface area contributed by atoms with E-state index in [0.717, 1.165) is 40.3 Å². The molecule has 0 unspecified atom stereocenters. The highest BCUT2D eigenvalue weighted by Crippen LogP contribution is 2.30. The zero-order valence-electron chi connectivity index (χ0n) is 16.8. The molecular formula is C22H20N4O3S2.